The quantitative estimate of drug-likeness (QED) is 0.525. The highest BCUT2D eigenvalue weighted by molar-refractivity contribution is 5.61. The van der Waals surface area contributed by atoms with Crippen molar-refractivity contribution < 1.29 is 10.0 Å². The van der Waals surface area contributed by atoms with Gasteiger partial charge in [0.05, 0.1) is 17.1 Å². The Morgan fingerprint density at radius 3 is 2.61 bits per heavy atom. The first-order valence-corrected chi connectivity index (χ1v) is 5.50. The SMILES string of the molecule is CCC(C)(CO)Nc1nc(N)nc(C)c1[N+](=O)[O-]. The molecule has 100 valence electrons. The molecule has 1 atom stereocenters. The number of nitrogens with one attached hydrogen (secondary N) is 1. The third kappa shape index (κ3) is 2.83. The van der Waals surface area contributed by atoms with Gasteiger partial charge in [-0.25, -0.2) is 4.98 Å². The largest absolute Gasteiger partial charge is 0.394 e. The number of nitrogens with zero attached hydrogens (tertiary/aromatic N) is 3. The molecular weight excluding hydrogens is 238 g/mol. The molecule has 0 saturated heterocycles. The standard InChI is InChI=1S/C10H17N5O3/c1-4-10(3,5-16)14-8-7(15(17)18)6(2)12-9(11)13-8/h16H,4-5H2,1-3H3,(H3,11,12,13,14). The third-order valence-corrected chi connectivity index (χ3v) is 2.81. The topological polar surface area (TPSA) is 127 Å². The Bertz CT molecular complexity index is 459. The Hall–Kier alpha value is -1.96. The summed E-state index contributed by atoms with van der Waals surface area (Å²) in [4.78, 5) is 18.0. The number of anilines is 2. The minimum Gasteiger partial charge on any atom is -0.394 e. The molecule has 4 N–H and O–H groups in total. The molecule has 18 heavy (non-hydrogen) atoms. The fourth-order valence-corrected chi connectivity index (χ4v) is 1.42. The second kappa shape index (κ2) is 5.13. The van der Waals surface area contributed by atoms with E-state index >= 15 is 0 Å². The minimum atomic E-state index is -0.696. The summed E-state index contributed by atoms with van der Waals surface area (Å²) in [5.74, 6) is -0.0135. The fraction of sp³-hybridized carbons (Fsp3) is 0.600. The van der Waals surface area contributed by atoms with Crippen molar-refractivity contribution in [3.05, 3.63) is 15.8 Å². The molecule has 1 heterocycles. The number of aliphatic hydroxyl groups excluding tert-OH is 1. The molecule has 0 aromatic carbocycles. The molecule has 1 aromatic rings. The lowest BCUT2D eigenvalue weighted by Gasteiger charge is -2.27. The van der Waals surface area contributed by atoms with Crippen LogP contribution in [0, 0.1) is 17.0 Å². The van der Waals surface area contributed by atoms with Crippen molar-refractivity contribution in [2.24, 2.45) is 0 Å². The number of hydrogen-bond acceptors (Lipinski definition) is 7. The second-order valence-electron chi connectivity index (χ2n) is 4.32. The van der Waals surface area contributed by atoms with Crippen LogP contribution in [0.25, 0.3) is 0 Å². The van der Waals surface area contributed by atoms with Crippen molar-refractivity contribution >= 4 is 17.5 Å². The molecule has 0 bridgehead atoms. The lowest BCUT2D eigenvalue weighted by Crippen LogP contribution is -2.38. The average molecular weight is 255 g/mol. The van der Waals surface area contributed by atoms with Crippen LogP contribution >= 0.6 is 0 Å². The van der Waals surface area contributed by atoms with Gasteiger partial charge in [0.1, 0.15) is 5.69 Å². The van der Waals surface area contributed by atoms with Crippen LogP contribution in [0.3, 0.4) is 0 Å². The van der Waals surface area contributed by atoms with Crippen LogP contribution in [-0.4, -0.2) is 32.1 Å². The van der Waals surface area contributed by atoms with Gasteiger partial charge in [-0.2, -0.15) is 4.98 Å². The fourth-order valence-electron chi connectivity index (χ4n) is 1.42. The van der Waals surface area contributed by atoms with Crippen molar-refractivity contribution in [3.8, 4) is 0 Å². The molecule has 0 saturated carbocycles. The monoisotopic (exact) mass is 255 g/mol. The highest BCUT2D eigenvalue weighted by Gasteiger charge is 2.28. The maximum Gasteiger partial charge on any atom is 0.332 e. The number of aliphatic hydroxyl groups is 1. The Morgan fingerprint density at radius 1 is 1.56 bits per heavy atom. The number of rotatable bonds is 5. The molecule has 1 rings (SSSR count). The summed E-state index contributed by atoms with van der Waals surface area (Å²) in [5, 5.41) is 23.2. The van der Waals surface area contributed by atoms with Crippen LogP contribution < -0.4 is 11.1 Å². The average Bonchev–Trinajstić information content (AvgIpc) is 2.27. The van der Waals surface area contributed by atoms with Crippen molar-refractivity contribution in [1.82, 2.24) is 9.97 Å². The Morgan fingerprint density at radius 2 is 2.17 bits per heavy atom. The molecule has 8 heteroatoms. The molecule has 0 aliphatic heterocycles. The molecule has 0 radical (unpaired) electrons. The van der Waals surface area contributed by atoms with Gasteiger partial charge in [-0.05, 0) is 20.3 Å². The van der Waals surface area contributed by atoms with Crippen LogP contribution in [-0.2, 0) is 0 Å². The molecule has 8 nitrogen and oxygen atoms in total. The molecule has 1 aromatic heterocycles. The number of aromatic nitrogens is 2. The van der Waals surface area contributed by atoms with Gasteiger partial charge in [0, 0.05) is 0 Å². The van der Waals surface area contributed by atoms with E-state index in [2.05, 4.69) is 15.3 Å². The summed E-state index contributed by atoms with van der Waals surface area (Å²) < 4.78 is 0. The minimum absolute atomic E-state index is 0.0309. The van der Waals surface area contributed by atoms with Gasteiger partial charge >= 0.3 is 5.69 Å². The van der Waals surface area contributed by atoms with Crippen molar-refractivity contribution in [2.75, 3.05) is 17.7 Å². The molecule has 0 aliphatic carbocycles. The Kier molecular flexibility index (Phi) is 4.02. The molecule has 0 aliphatic rings. The summed E-state index contributed by atoms with van der Waals surface area (Å²) in [7, 11) is 0. The molecule has 0 spiro atoms. The lowest BCUT2D eigenvalue weighted by molar-refractivity contribution is -0.385. The zero-order chi connectivity index (χ0) is 13.9. The Balaban J connectivity index is 3.27. The summed E-state index contributed by atoms with van der Waals surface area (Å²) in [6, 6.07) is 0. The van der Waals surface area contributed by atoms with Crippen molar-refractivity contribution in [2.45, 2.75) is 32.7 Å². The van der Waals surface area contributed by atoms with Gasteiger partial charge < -0.3 is 16.2 Å². The predicted octanol–water partition coefficient (Wildman–Crippen LogP) is 0.848. The van der Waals surface area contributed by atoms with Crippen molar-refractivity contribution in [3.63, 3.8) is 0 Å². The first kappa shape index (κ1) is 14.1. The van der Waals surface area contributed by atoms with E-state index in [4.69, 9.17) is 5.73 Å². The zero-order valence-corrected chi connectivity index (χ0v) is 10.6. The maximum atomic E-state index is 11.0. The third-order valence-electron chi connectivity index (χ3n) is 2.81. The summed E-state index contributed by atoms with van der Waals surface area (Å²) >= 11 is 0. The molecular formula is C10H17N5O3. The molecule has 1 unspecified atom stereocenters. The van der Waals surface area contributed by atoms with Crippen molar-refractivity contribution in [1.29, 1.82) is 0 Å². The van der Waals surface area contributed by atoms with E-state index in [0.717, 1.165) is 0 Å². The van der Waals surface area contributed by atoms with Crippen LogP contribution in [0.1, 0.15) is 26.0 Å². The van der Waals surface area contributed by atoms with Gasteiger partial charge in [0.2, 0.25) is 11.8 Å². The van der Waals surface area contributed by atoms with E-state index in [0.29, 0.717) is 6.42 Å². The zero-order valence-electron chi connectivity index (χ0n) is 10.6. The summed E-state index contributed by atoms with van der Waals surface area (Å²) in [6.45, 7) is 4.91. The van der Waals surface area contributed by atoms with Gasteiger partial charge in [-0.1, -0.05) is 6.92 Å². The van der Waals surface area contributed by atoms with Gasteiger partial charge in [-0.15, -0.1) is 0 Å². The normalized spacial score (nSPS) is 14.0. The van der Waals surface area contributed by atoms with Gasteiger partial charge in [-0.3, -0.25) is 10.1 Å². The molecule has 0 fully saturated rings. The van der Waals surface area contributed by atoms with E-state index in [1.165, 1.54) is 6.92 Å². The summed E-state index contributed by atoms with van der Waals surface area (Å²) in [5.41, 5.74) is 4.75. The predicted molar refractivity (Wildman–Crippen MR) is 67.2 cm³/mol. The number of nitrogens with two attached hydrogens (primary N) is 1. The van der Waals surface area contributed by atoms with E-state index in [1.807, 2.05) is 6.92 Å². The first-order chi connectivity index (χ1) is 8.33. The lowest BCUT2D eigenvalue weighted by atomic mass is 10.0. The van der Waals surface area contributed by atoms with Gasteiger partial charge in [0.15, 0.2) is 0 Å². The van der Waals surface area contributed by atoms with Crippen LogP contribution in [0.15, 0.2) is 0 Å². The number of nitro groups is 1. The van der Waals surface area contributed by atoms with Crippen LogP contribution in [0.5, 0.6) is 0 Å². The van der Waals surface area contributed by atoms with E-state index in [9.17, 15) is 15.2 Å². The number of hydrogen-bond donors (Lipinski definition) is 3. The highest BCUT2D eigenvalue weighted by Crippen LogP contribution is 2.28. The number of aryl methyl sites for hydroxylation is 1. The summed E-state index contributed by atoms with van der Waals surface area (Å²) in [6.07, 6.45) is 0.573. The van der Waals surface area contributed by atoms with Gasteiger partial charge in [0.25, 0.3) is 0 Å². The van der Waals surface area contributed by atoms with Crippen LogP contribution in [0.2, 0.25) is 0 Å². The van der Waals surface area contributed by atoms with E-state index < -0.39 is 10.5 Å². The first-order valence-electron chi connectivity index (χ1n) is 5.50. The van der Waals surface area contributed by atoms with E-state index in [1.54, 1.807) is 6.92 Å². The maximum absolute atomic E-state index is 11.0. The number of nitrogen functional groups attached to an aromatic ring is 1. The van der Waals surface area contributed by atoms with Crippen LogP contribution in [0.4, 0.5) is 17.5 Å². The van der Waals surface area contributed by atoms with E-state index in [-0.39, 0.29) is 29.8 Å². The Labute approximate surface area is 104 Å². The smallest absolute Gasteiger partial charge is 0.332 e. The second-order valence-corrected chi connectivity index (χ2v) is 4.32. The molecule has 0 amide bonds. The highest BCUT2D eigenvalue weighted by atomic mass is 16.6.